The van der Waals surface area contributed by atoms with E-state index in [2.05, 4.69) is 0 Å². The van der Waals surface area contributed by atoms with Crippen molar-refractivity contribution in [2.45, 2.75) is 39.3 Å². The van der Waals surface area contributed by atoms with Gasteiger partial charge in [0.25, 0.3) is 0 Å². The summed E-state index contributed by atoms with van der Waals surface area (Å²) in [5.41, 5.74) is 6.60. The molecule has 1 aromatic carbocycles. The molecule has 3 atom stereocenters. The van der Waals surface area contributed by atoms with Gasteiger partial charge in [0.15, 0.2) is 0 Å². The van der Waals surface area contributed by atoms with Crippen LogP contribution in [0.3, 0.4) is 0 Å². The van der Waals surface area contributed by atoms with Gasteiger partial charge >= 0.3 is 0 Å². The first kappa shape index (κ1) is 17.6. The molecule has 2 nitrogen and oxygen atoms in total. The first-order valence-electron chi connectivity index (χ1n) is 5.78. The SMILES string of the molecule is CCC(C)[C@@H](O)[C@@H](N)c1c(Cl)ccc(C)c1F.Cl. The first-order valence-corrected chi connectivity index (χ1v) is 6.16. The Morgan fingerprint density at radius 2 is 2.00 bits per heavy atom. The van der Waals surface area contributed by atoms with E-state index in [0.717, 1.165) is 6.42 Å². The Morgan fingerprint density at radius 3 is 2.50 bits per heavy atom. The highest BCUT2D eigenvalue weighted by molar-refractivity contribution is 6.31. The molecule has 0 heterocycles. The van der Waals surface area contributed by atoms with Crippen molar-refractivity contribution < 1.29 is 9.50 Å². The van der Waals surface area contributed by atoms with Gasteiger partial charge in [0.05, 0.1) is 12.1 Å². The number of aliphatic hydroxyl groups is 1. The average Bonchev–Trinajstić information content (AvgIpc) is 2.32. The van der Waals surface area contributed by atoms with Crippen LogP contribution in [0.2, 0.25) is 5.02 Å². The second kappa shape index (κ2) is 7.29. The Balaban J connectivity index is 0.00000289. The molecule has 0 spiro atoms. The zero-order valence-electron chi connectivity index (χ0n) is 10.8. The van der Waals surface area contributed by atoms with Crippen molar-refractivity contribution in [2.24, 2.45) is 11.7 Å². The number of hydrogen-bond donors (Lipinski definition) is 2. The fourth-order valence-corrected chi connectivity index (χ4v) is 2.02. The van der Waals surface area contributed by atoms with Gasteiger partial charge in [0.2, 0.25) is 0 Å². The summed E-state index contributed by atoms with van der Waals surface area (Å²) in [5.74, 6) is -0.423. The zero-order chi connectivity index (χ0) is 13.2. The molecule has 18 heavy (non-hydrogen) atoms. The molecule has 0 saturated carbocycles. The van der Waals surface area contributed by atoms with Crippen LogP contribution in [0.15, 0.2) is 12.1 Å². The minimum atomic E-state index is -0.797. The summed E-state index contributed by atoms with van der Waals surface area (Å²) in [5, 5.41) is 10.3. The van der Waals surface area contributed by atoms with Crippen LogP contribution < -0.4 is 5.73 Å². The molecule has 0 aliphatic heterocycles. The average molecular weight is 296 g/mol. The third-order valence-electron chi connectivity index (χ3n) is 3.25. The second-order valence-electron chi connectivity index (χ2n) is 4.49. The van der Waals surface area contributed by atoms with Crippen molar-refractivity contribution in [3.8, 4) is 0 Å². The summed E-state index contributed by atoms with van der Waals surface area (Å²) in [4.78, 5) is 0. The van der Waals surface area contributed by atoms with Crippen LogP contribution in [-0.2, 0) is 0 Å². The summed E-state index contributed by atoms with van der Waals surface area (Å²) in [6.07, 6.45) is -0.0197. The molecule has 0 fully saturated rings. The quantitative estimate of drug-likeness (QED) is 0.891. The molecule has 0 aliphatic rings. The van der Waals surface area contributed by atoms with E-state index in [9.17, 15) is 9.50 Å². The summed E-state index contributed by atoms with van der Waals surface area (Å²) >= 11 is 5.96. The van der Waals surface area contributed by atoms with E-state index in [4.69, 9.17) is 17.3 Å². The van der Waals surface area contributed by atoms with Crippen LogP contribution in [0.25, 0.3) is 0 Å². The third-order valence-corrected chi connectivity index (χ3v) is 3.58. The topological polar surface area (TPSA) is 46.2 Å². The lowest BCUT2D eigenvalue weighted by Crippen LogP contribution is -2.32. The molecular weight excluding hydrogens is 276 g/mol. The Kier molecular flexibility index (Phi) is 7.15. The van der Waals surface area contributed by atoms with E-state index in [-0.39, 0.29) is 28.9 Å². The summed E-state index contributed by atoms with van der Waals surface area (Å²) < 4.78 is 14.0. The molecule has 1 unspecified atom stereocenters. The number of rotatable bonds is 4. The van der Waals surface area contributed by atoms with Gasteiger partial charge in [-0.1, -0.05) is 37.9 Å². The zero-order valence-corrected chi connectivity index (χ0v) is 12.4. The van der Waals surface area contributed by atoms with E-state index in [1.807, 2.05) is 13.8 Å². The second-order valence-corrected chi connectivity index (χ2v) is 4.90. The highest BCUT2D eigenvalue weighted by Gasteiger charge is 2.26. The lowest BCUT2D eigenvalue weighted by atomic mass is 9.90. The van der Waals surface area contributed by atoms with Gasteiger partial charge in [-0.05, 0) is 24.5 Å². The van der Waals surface area contributed by atoms with Gasteiger partial charge in [0.1, 0.15) is 5.82 Å². The van der Waals surface area contributed by atoms with Crippen molar-refractivity contribution in [1.29, 1.82) is 0 Å². The fourth-order valence-electron chi connectivity index (χ4n) is 1.75. The normalized spacial score (nSPS) is 15.7. The van der Waals surface area contributed by atoms with Gasteiger partial charge in [-0.15, -0.1) is 12.4 Å². The number of hydrogen-bond acceptors (Lipinski definition) is 2. The molecular formula is C13H20Cl2FNO. The molecule has 1 rings (SSSR count). The molecule has 0 aliphatic carbocycles. The Morgan fingerprint density at radius 1 is 1.44 bits per heavy atom. The Labute approximate surface area is 119 Å². The van der Waals surface area contributed by atoms with Crippen molar-refractivity contribution >= 4 is 24.0 Å². The summed E-state index contributed by atoms with van der Waals surface area (Å²) in [6.45, 7) is 5.48. The lowest BCUT2D eigenvalue weighted by molar-refractivity contribution is 0.0867. The van der Waals surface area contributed by atoms with Crippen molar-refractivity contribution in [1.82, 2.24) is 0 Å². The maximum atomic E-state index is 14.0. The molecule has 0 bridgehead atoms. The minimum absolute atomic E-state index is 0. The van der Waals surface area contributed by atoms with E-state index in [1.165, 1.54) is 0 Å². The van der Waals surface area contributed by atoms with E-state index in [1.54, 1.807) is 19.1 Å². The predicted molar refractivity (Wildman–Crippen MR) is 75.8 cm³/mol. The van der Waals surface area contributed by atoms with Crippen LogP contribution in [0.4, 0.5) is 4.39 Å². The number of aliphatic hydroxyl groups excluding tert-OH is 1. The third kappa shape index (κ3) is 3.58. The Bertz CT molecular complexity index is 401. The van der Waals surface area contributed by atoms with Gasteiger partial charge in [0, 0.05) is 10.6 Å². The molecule has 3 N–H and O–H groups in total. The number of halogens is 3. The molecule has 0 aromatic heterocycles. The highest BCUT2D eigenvalue weighted by Crippen LogP contribution is 2.31. The number of nitrogens with two attached hydrogens (primary N) is 1. The maximum absolute atomic E-state index is 14.0. The Hall–Kier alpha value is -0.350. The van der Waals surface area contributed by atoms with E-state index < -0.39 is 18.0 Å². The molecule has 0 saturated heterocycles. The van der Waals surface area contributed by atoms with Crippen LogP contribution in [0.1, 0.15) is 37.4 Å². The van der Waals surface area contributed by atoms with E-state index in [0.29, 0.717) is 5.56 Å². The van der Waals surface area contributed by atoms with Crippen molar-refractivity contribution in [3.05, 3.63) is 34.1 Å². The van der Waals surface area contributed by atoms with Gasteiger partial charge in [-0.2, -0.15) is 0 Å². The number of benzene rings is 1. The van der Waals surface area contributed by atoms with Crippen LogP contribution >= 0.6 is 24.0 Å². The highest BCUT2D eigenvalue weighted by atomic mass is 35.5. The molecule has 0 amide bonds. The largest absolute Gasteiger partial charge is 0.391 e. The maximum Gasteiger partial charge on any atom is 0.132 e. The van der Waals surface area contributed by atoms with Crippen LogP contribution in [0, 0.1) is 18.7 Å². The fraction of sp³-hybridized carbons (Fsp3) is 0.538. The first-order chi connectivity index (χ1) is 7.90. The van der Waals surface area contributed by atoms with E-state index >= 15 is 0 Å². The smallest absolute Gasteiger partial charge is 0.132 e. The predicted octanol–water partition coefficient (Wildman–Crippen LogP) is 3.62. The number of aryl methyl sites for hydroxylation is 1. The van der Waals surface area contributed by atoms with Crippen molar-refractivity contribution in [3.63, 3.8) is 0 Å². The van der Waals surface area contributed by atoms with Gasteiger partial charge < -0.3 is 10.8 Å². The van der Waals surface area contributed by atoms with Gasteiger partial charge in [-0.3, -0.25) is 0 Å². The molecule has 104 valence electrons. The molecule has 0 radical (unpaired) electrons. The molecule has 5 heteroatoms. The standard InChI is InChI=1S/C13H19ClFNO.ClH/c1-4-7(2)13(17)12(16)10-9(14)6-5-8(3)11(10)15;/h5-7,12-13,17H,4,16H2,1-3H3;1H/t7?,12-,13+;/m0./s1. The minimum Gasteiger partial charge on any atom is -0.391 e. The lowest BCUT2D eigenvalue weighted by Gasteiger charge is -2.25. The van der Waals surface area contributed by atoms with Crippen molar-refractivity contribution in [2.75, 3.05) is 0 Å². The van der Waals surface area contributed by atoms with Crippen LogP contribution in [-0.4, -0.2) is 11.2 Å². The van der Waals surface area contributed by atoms with Gasteiger partial charge in [-0.25, -0.2) is 4.39 Å². The monoisotopic (exact) mass is 295 g/mol. The van der Waals surface area contributed by atoms with Crippen LogP contribution in [0.5, 0.6) is 0 Å². The summed E-state index contributed by atoms with van der Waals surface area (Å²) in [7, 11) is 0. The molecule has 1 aromatic rings. The summed E-state index contributed by atoms with van der Waals surface area (Å²) in [6, 6.07) is 2.42.